The molecule has 12 rings (SSSR count). The van der Waals surface area contributed by atoms with Crippen molar-refractivity contribution in [1.82, 2.24) is 9.97 Å². The minimum atomic E-state index is -0.542. The largest absolute Gasteiger partial charge is 0.382 e. The van der Waals surface area contributed by atoms with Crippen molar-refractivity contribution in [1.29, 1.82) is 0 Å². The van der Waals surface area contributed by atoms with E-state index in [1.165, 1.54) is 47.6 Å². The lowest BCUT2D eigenvalue weighted by atomic mass is 9.70. The maximum Gasteiger partial charge on any atom is 0.131 e. The van der Waals surface area contributed by atoms with Gasteiger partial charge in [-0.25, -0.2) is 0 Å². The first-order valence-corrected chi connectivity index (χ1v) is 21.6. The number of aliphatic hydroxyl groups is 2. The summed E-state index contributed by atoms with van der Waals surface area (Å²) in [6.45, 7) is 11.1. The van der Waals surface area contributed by atoms with Crippen molar-refractivity contribution in [3.05, 3.63) is 132 Å². The molecule has 2 N–H and O–H groups in total. The Kier molecular flexibility index (Phi) is 9.25. The van der Waals surface area contributed by atoms with Gasteiger partial charge < -0.3 is 19.2 Å². The number of nitrogens with zero attached hydrogens (tertiary/aromatic N) is 4. The van der Waals surface area contributed by atoms with Crippen molar-refractivity contribution in [3.8, 4) is 0 Å². The quantitative estimate of drug-likeness (QED) is 0.137. The van der Waals surface area contributed by atoms with Crippen LogP contribution in [0.3, 0.4) is 0 Å². The molecule has 0 unspecified atom stereocenters. The highest BCUT2D eigenvalue weighted by atomic mass is 16.3. The molecule has 8 heterocycles. The molecule has 0 saturated carbocycles. The van der Waals surface area contributed by atoms with Crippen molar-refractivity contribution >= 4 is 32.6 Å². The molecule has 6 fully saturated rings. The molecule has 0 amide bonds. The monoisotopic (exact) mass is 746 g/mol. The summed E-state index contributed by atoms with van der Waals surface area (Å²) in [5, 5.41) is 29.8. The van der Waals surface area contributed by atoms with Gasteiger partial charge in [0.1, 0.15) is 37.4 Å². The Bertz CT molecular complexity index is 2220. The zero-order chi connectivity index (χ0) is 38.0. The Labute approximate surface area is 332 Å². The number of hydrogen-bond donors (Lipinski definition) is 2. The van der Waals surface area contributed by atoms with Crippen LogP contribution < -0.4 is 0 Å². The van der Waals surface area contributed by atoms with Gasteiger partial charge in [-0.15, -0.1) is 0 Å². The van der Waals surface area contributed by atoms with Gasteiger partial charge in [-0.3, -0.25) is 9.97 Å². The van der Waals surface area contributed by atoms with Crippen LogP contribution in [0.4, 0.5) is 0 Å². The highest BCUT2D eigenvalue weighted by Crippen LogP contribution is 2.51. The highest BCUT2D eigenvalue weighted by molar-refractivity contribution is 5.88. The van der Waals surface area contributed by atoms with Crippen molar-refractivity contribution < 1.29 is 19.2 Å². The Morgan fingerprint density at radius 2 is 0.982 bits per heavy atom. The maximum absolute atomic E-state index is 12.4. The Balaban J connectivity index is 1.01. The predicted molar refractivity (Wildman–Crippen MR) is 225 cm³/mol. The molecule has 288 valence electrons. The average molecular weight is 747 g/mol. The highest BCUT2D eigenvalue weighted by Gasteiger charge is 2.56. The van der Waals surface area contributed by atoms with Gasteiger partial charge in [-0.2, -0.15) is 0 Å². The Morgan fingerprint density at radius 1 is 0.554 bits per heavy atom. The third-order valence-electron chi connectivity index (χ3n) is 15.8. The molecule has 6 nitrogen and oxygen atoms in total. The summed E-state index contributed by atoms with van der Waals surface area (Å²) in [4.78, 5) is 9.28. The SMILES string of the molecule is CC[C@H]1C[N@+]2(Cc3cccc4c(C[N@@+]56CC[C@@H](C[C@H]5[C@H](O)c5ccnc7ccccc57)[C@@H](CC)C6)cccc34)CC[C@H]1C[C@H]2[C@H](O)c1ccnc2ccccc12. The van der Waals surface area contributed by atoms with E-state index in [-0.39, 0.29) is 12.1 Å². The molecule has 4 bridgehead atoms. The van der Waals surface area contributed by atoms with Crippen molar-refractivity contribution in [3.63, 3.8) is 0 Å². The van der Waals surface area contributed by atoms with E-state index < -0.39 is 12.2 Å². The van der Waals surface area contributed by atoms with Crippen LogP contribution in [0.5, 0.6) is 0 Å². The number of pyridine rings is 2. The molecular weight excluding hydrogens is 689 g/mol. The van der Waals surface area contributed by atoms with Gasteiger partial charge >= 0.3 is 0 Å². The molecule has 0 aliphatic carbocycles. The van der Waals surface area contributed by atoms with Crippen molar-refractivity contribution in [2.24, 2.45) is 23.7 Å². The van der Waals surface area contributed by atoms with Crippen LogP contribution in [0.25, 0.3) is 32.6 Å². The minimum absolute atomic E-state index is 0.145. The van der Waals surface area contributed by atoms with Crippen LogP contribution in [-0.4, -0.2) is 67.4 Å². The smallest absolute Gasteiger partial charge is 0.131 e. The number of fused-ring (bicyclic) bond motifs is 9. The van der Waals surface area contributed by atoms with E-state index in [1.54, 1.807) is 0 Å². The van der Waals surface area contributed by atoms with E-state index in [9.17, 15) is 10.2 Å². The zero-order valence-corrected chi connectivity index (χ0v) is 33.2. The minimum Gasteiger partial charge on any atom is -0.382 e. The number of quaternary nitrogens is 2. The van der Waals surface area contributed by atoms with Gasteiger partial charge in [0.05, 0.1) is 37.2 Å². The van der Waals surface area contributed by atoms with Crippen LogP contribution in [0, 0.1) is 23.7 Å². The van der Waals surface area contributed by atoms with Crippen molar-refractivity contribution in [2.45, 2.75) is 89.8 Å². The number of aromatic nitrogens is 2. The van der Waals surface area contributed by atoms with E-state index in [2.05, 4.69) is 109 Å². The van der Waals surface area contributed by atoms with Gasteiger partial charge in [-0.1, -0.05) is 86.6 Å². The van der Waals surface area contributed by atoms with E-state index in [0.29, 0.717) is 23.7 Å². The summed E-state index contributed by atoms with van der Waals surface area (Å²) in [6, 6.07) is 35.1. The van der Waals surface area contributed by atoms with E-state index in [4.69, 9.17) is 0 Å². The molecule has 6 aromatic rings. The Morgan fingerprint density at radius 3 is 1.43 bits per heavy atom. The third-order valence-corrected chi connectivity index (χ3v) is 15.8. The molecule has 4 aromatic carbocycles. The molecule has 6 aliphatic heterocycles. The van der Waals surface area contributed by atoms with Crippen LogP contribution in [0.15, 0.2) is 109 Å². The fraction of sp³-hybridized carbons (Fsp3) is 0.440. The van der Waals surface area contributed by atoms with E-state index >= 15 is 0 Å². The first kappa shape index (κ1) is 36.2. The molecule has 56 heavy (non-hydrogen) atoms. The number of para-hydroxylation sites is 2. The van der Waals surface area contributed by atoms with E-state index in [0.717, 1.165) is 94.0 Å². The molecule has 2 aromatic heterocycles. The van der Waals surface area contributed by atoms with E-state index in [1.807, 2.05) is 24.5 Å². The third kappa shape index (κ3) is 5.90. The maximum atomic E-state index is 12.4. The van der Waals surface area contributed by atoms with Crippen LogP contribution >= 0.6 is 0 Å². The predicted octanol–water partition coefficient (Wildman–Crippen LogP) is 9.67. The second-order valence-corrected chi connectivity index (χ2v) is 18.3. The number of hydrogen-bond acceptors (Lipinski definition) is 4. The summed E-state index contributed by atoms with van der Waals surface area (Å²) in [5.41, 5.74) is 6.77. The van der Waals surface area contributed by atoms with Gasteiger partial charge in [0.2, 0.25) is 0 Å². The summed E-state index contributed by atoms with van der Waals surface area (Å²) in [7, 11) is 0. The van der Waals surface area contributed by atoms with Crippen LogP contribution in [0.1, 0.15) is 86.8 Å². The lowest BCUT2D eigenvalue weighted by Crippen LogP contribution is -2.67. The molecule has 0 radical (unpaired) electrons. The first-order valence-electron chi connectivity index (χ1n) is 21.6. The van der Waals surface area contributed by atoms with Crippen LogP contribution in [-0.2, 0) is 13.1 Å². The fourth-order valence-corrected chi connectivity index (χ4v) is 12.9. The fourth-order valence-electron chi connectivity index (χ4n) is 12.9. The van der Waals surface area contributed by atoms with Gasteiger partial charge in [0, 0.05) is 71.8 Å². The molecule has 10 atom stereocenters. The summed E-state index contributed by atoms with van der Waals surface area (Å²) in [5.74, 6) is 2.74. The summed E-state index contributed by atoms with van der Waals surface area (Å²) < 4.78 is 1.90. The summed E-state index contributed by atoms with van der Waals surface area (Å²) in [6.07, 6.45) is 9.70. The molecule has 0 spiro atoms. The number of piperidine rings is 6. The zero-order valence-electron chi connectivity index (χ0n) is 33.2. The lowest BCUT2D eigenvalue weighted by molar-refractivity contribution is -0.985. The summed E-state index contributed by atoms with van der Waals surface area (Å²) >= 11 is 0. The van der Waals surface area contributed by atoms with Gasteiger partial charge in [0.25, 0.3) is 0 Å². The first-order chi connectivity index (χ1) is 27.4. The Hall–Kier alpha value is -4.20. The lowest BCUT2D eigenvalue weighted by Gasteiger charge is -2.59. The topological polar surface area (TPSA) is 66.2 Å². The standard InChI is InChI=1S/C50H58N4O2/c1-3-33-29-53(25-21-35(33)27-47(53)49(55)43-19-23-51-45-17-7-5-13-41(43)45)31-37-11-9-16-40-38(12-10-15-39(37)40)32-54-26-22-36(34(4-2)30-54)28-48(54)50(56)44-20-24-52-46-18-8-6-14-42(44)46/h5-20,23-24,33-36,47-50,55-56H,3-4,21-22,25-32H2,1-2H3/q+2/t33-,34-,35-,36-,47-,48-,49+,50+,53-,54-/m0/s1. The van der Waals surface area contributed by atoms with Gasteiger partial charge in [-0.05, 0) is 70.8 Å². The van der Waals surface area contributed by atoms with Crippen molar-refractivity contribution in [2.75, 3.05) is 26.2 Å². The average Bonchev–Trinajstić information content (AvgIpc) is 3.25. The molecule has 6 aliphatic rings. The second kappa shape index (κ2) is 14.3. The number of benzene rings is 4. The molecule has 6 heteroatoms. The number of aliphatic hydroxyl groups excluding tert-OH is 2. The molecular formula is C50H58N4O2+2. The van der Waals surface area contributed by atoms with Gasteiger partial charge in [0.15, 0.2) is 0 Å². The normalized spacial score (nSPS) is 30.9. The molecule has 6 saturated heterocycles. The van der Waals surface area contributed by atoms with Crippen LogP contribution in [0.2, 0.25) is 0 Å². The number of rotatable bonds is 10. The second-order valence-electron chi connectivity index (χ2n) is 18.3.